The van der Waals surface area contributed by atoms with Crippen LogP contribution in [0.3, 0.4) is 0 Å². The number of nitrogens with one attached hydrogen (secondary N) is 2. The molecule has 0 spiro atoms. The number of carbonyl (C=O) groups excluding carboxylic acids is 1. The topological polar surface area (TPSA) is 87.7 Å². The number of nitrogens with zero attached hydrogens (tertiary/aromatic N) is 1. The van der Waals surface area contributed by atoms with Crippen LogP contribution in [0, 0.1) is 11.8 Å². The highest BCUT2D eigenvalue weighted by Gasteiger charge is 2.52. The molecular weight excluding hydrogens is 414 g/mol. The van der Waals surface area contributed by atoms with E-state index in [4.69, 9.17) is 16.3 Å². The molecular formula is C20H34ClN3O4S. The highest BCUT2D eigenvalue weighted by Crippen LogP contribution is 2.36. The van der Waals surface area contributed by atoms with Crippen molar-refractivity contribution in [1.82, 2.24) is 15.8 Å². The van der Waals surface area contributed by atoms with Crippen molar-refractivity contribution in [2.24, 2.45) is 11.8 Å². The van der Waals surface area contributed by atoms with Gasteiger partial charge in [-0.2, -0.15) is 0 Å². The molecule has 2 heterocycles. The molecule has 0 aromatic rings. The quantitative estimate of drug-likeness (QED) is 0.625. The van der Waals surface area contributed by atoms with Gasteiger partial charge in [0.1, 0.15) is 6.17 Å². The van der Waals surface area contributed by atoms with Crippen molar-refractivity contribution in [3.63, 3.8) is 0 Å². The largest absolute Gasteiger partial charge is 0.378 e. The number of hydrogen-bond acceptors (Lipinski definition) is 6. The van der Waals surface area contributed by atoms with Crippen molar-refractivity contribution in [2.45, 2.75) is 88.0 Å². The Morgan fingerprint density at radius 1 is 1.17 bits per heavy atom. The highest BCUT2D eigenvalue weighted by molar-refractivity contribution is 7.91. The Bertz CT molecular complexity index is 704. The number of halogens is 1. The molecule has 0 aromatic heterocycles. The average Bonchev–Trinajstić information content (AvgIpc) is 3.15. The first kappa shape index (κ1) is 21.8. The van der Waals surface area contributed by atoms with Gasteiger partial charge in [-0.15, -0.1) is 11.6 Å². The summed E-state index contributed by atoms with van der Waals surface area (Å²) in [5, 5.41) is 5.52. The second-order valence-corrected chi connectivity index (χ2v) is 11.9. The normalized spacial score (nSPS) is 42.5. The molecule has 4 aliphatic rings. The highest BCUT2D eigenvalue weighted by atomic mass is 35.5. The fourth-order valence-corrected chi connectivity index (χ4v) is 8.09. The van der Waals surface area contributed by atoms with E-state index in [1.54, 1.807) is 0 Å². The van der Waals surface area contributed by atoms with Crippen LogP contribution in [0.4, 0.5) is 0 Å². The minimum atomic E-state index is -3.07. The maximum absolute atomic E-state index is 13.3. The van der Waals surface area contributed by atoms with Crippen molar-refractivity contribution >= 4 is 27.3 Å². The second kappa shape index (κ2) is 8.99. The summed E-state index contributed by atoms with van der Waals surface area (Å²) in [6, 6.07) is 0.0916. The number of rotatable bonds is 5. The monoisotopic (exact) mass is 447 g/mol. The van der Waals surface area contributed by atoms with Gasteiger partial charge in [0, 0.05) is 30.0 Å². The minimum Gasteiger partial charge on any atom is -0.378 e. The number of sulfone groups is 1. The second-order valence-electron chi connectivity index (χ2n) is 9.14. The number of fused-ring (bicyclic) bond motifs is 1. The van der Waals surface area contributed by atoms with Crippen molar-refractivity contribution in [2.75, 3.05) is 18.1 Å². The summed E-state index contributed by atoms with van der Waals surface area (Å²) in [4.78, 5) is 13.3. The maximum Gasteiger partial charge on any atom is 0.227 e. The van der Waals surface area contributed by atoms with Crippen molar-refractivity contribution in [3.05, 3.63) is 0 Å². The lowest BCUT2D eigenvalue weighted by atomic mass is 9.85. The summed E-state index contributed by atoms with van der Waals surface area (Å²) in [5.74, 6) is -0.00251. The molecule has 29 heavy (non-hydrogen) atoms. The zero-order valence-corrected chi connectivity index (χ0v) is 18.8. The van der Waals surface area contributed by atoms with Crippen LogP contribution in [-0.2, 0) is 19.4 Å². The number of hydrogen-bond donors (Lipinski definition) is 2. The molecule has 2 aliphatic carbocycles. The number of carbonyl (C=O) groups is 1. The summed E-state index contributed by atoms with van der Waals surface area (Å²) in [6.07, 6.45) is 7.47. The van der Waals surface area contributed by atoms with Crippen LogP contribution in [0.25, 0.3) is 0 Å². The molecule has 4 fully saturated rings. The van der Waals surface area contributed by atoms with E-state index in [1.165, 1.54) is 0 Å². The fraction of sp³-hybridized carbons (Fsp3) is 0.950. The molecule has 0 aromatic carbocycles. The molecule has 166 valence electrons. The molecule has 4 rings (SSSR count). The van der Waals surface area contributed by atoms with Crippen molar-refractivity contribution < 1.29 is 17.9 Å². The van der Waals surface area contributed by atoms with E-state index in [0.29, 0.717) is 6.61 Å². The number of hydrazine groups is 1. The van der Waals surface area contributed by atoms with Crippen LogP contribution in [0.1, 0.15) is 58.3 Å². The summed E-state index contributed by atoms with van der Waals surface area (Å²) in [5.41, 5.74) is 3.44. The number of alkyl halides is 1. The molecule has 9 heteroatoms. The van der Waals surface area contributed by atoms with Crippen LogP contribution in [-0.4, -0.2) is 67.2 Å². The van der Waals surface area contributed by atoms with Gasteiger partial charge in [-0.25, -0.2) is 18.9 Å². The lowest BCUT2D eigenvalue weighted by Gasteiger charge is -2.39. The van der Waals surface area contributed by atoms with E-state index >= 15 is 0 Å². The Hall–Kier alpha value is -0.410. The lowest BCUT2D eigenvalue weighted by molar-refractivity contribution is -0.135. The van der Waals surface area contributed by atoms with Crippen LogP contribution < -0.4 is 10.7 Å². The number of amides is 1. The smallest absolute Gasteiger partial charge is 0.227 e. The zero-order valence-electron chi connectivity index (χ0n) is 17.2. The third-order valence-electron chi connectivity index (χ3n) is 7.10. The molecule has 0 radical (unpaired) electrons. The summed E-state index contributed by atoms with van der Waals surface area (Å²) >= 11 is 6.43. The van der Waals surface area contributed by atoms with E-state index in [1.807, 2.05) is 6.92 Å². The lowest BCUT2D eigenvalue weighted by Crippen LogP contribution is -2.58. The Morgan fingerprint density at radius 3 is 2.72 bits per heavy atom. The zero-order chi connectivity index (χ0) is 20.6. The van der Waals surface area contributed by atoms with Gasteiger partial charge >= 0.3 is 0 Å². The van der Waals surface area contributed by atoms with Crippen LogP contribution in [0.2, 0.25) is 0 Å². The van der Waals surface area contributed by atoms with Crippen LogP contribution >= 0.6 is 11.6 Å². The molecule has 2 saturated carbocycles. The molecule has 2 N–H and O–H groups in total. The molecule has 7 atom stereocenters. The van der Waals surface area contributed by atoms with Crippen molar-refractivity contribution in [1.29, 1.82) is 0 Å². The third-order valence-corrected chi connectivity index (χ3v) is 9.26. The Morgan fingerprint density at radius 2 is 1.97 bits per heavy atom. The van der Waals surface area contributed by atoms with E-state index < -0.39 is 9.84 Å². The van der Waals surface area contributed by atoms with Crippen molar-refractivity contribution in [3.8, 4) is 0 Å². The first-order chi connectivity index (χ1) is 13.9. The number of ether oxygens (including phenoxy) is 1. The summed E-state index contributed by atoms with van der Waals surface area (Å²) < 4.78 is 30.3. The Labute approximate surface area is 179 Å². The molecule has 2 aliphatic heterocycles. The van der Waals surface area contributed by atoms with Crippen LogP contribution in [0.5, 0.6) is 0 Å². The van der Waals surface area contributed by atoms with E-state index in [-0.39, 0.29) is 59.0 Å². The van der Waals surface area contributed by atoms with Gasteiger partial charge in [0.05, 0.1) is 23.5 Å². The van der Waals surface area contributed by atoms with Crippen LogP contribution in [0.15, 0.2) is 0 Å². The summed E-state index contributed by atoms with van der Waals surface area (Å²) in [6.45, 7) is 2.57. The molecule has 0 bridgehead atoms. The van der Waals surface area contributed by atoms with E-state index in [2.05, 4.69) is 15.8 Å². The standard InChI is InChI=1S/C20H34ClN3O4S/c1-2-28-18-9-4-3-8-15(18)20(25)22-19-16-11-29(26,27)12-17(16)23-24(19)14-7-5-6-13(21)10-14/h13-19,23H,2-12H2,1H3,(H,22,25). The predicted molar refractivity (Wildman–Crippen MR) is 112 cm³/mol. The average molecular weight is 448 g/mol. The maximum atomic E-state index is 13.3. The Kier molecular flexibility index (Phi) is 6.76. The Balaban J connectivity index is 1.51. The van der Waals surface area contributed by atoms with Gasteiger partial charge in [-0.05, 0) is 39.0 Å². The molecule has 2 saturated heterocycles. The molecule has 7 unspecified atom stereocenters. The predicted octanol–water partition coefficient (Wildman–Crippen LogP) is 1.81. The van der Waals surface area contributed by atoms with Gasteiger partial charge in [0.15, 0.2) is 9.84 Å². The van der Waals surface area contributed by atoms with Gasteiger partial charge in [0.25, 0.3) is 0 Å². The van der Waals surface area contributed by atoms with Gasteiger partial charge in [-0.3, -0.25) is 4.79 Å². The van der Waals surface area contributed by atoms with Gasteiger partial charge in [0.2, 0.25) is 5.91 Å². The first-order valence-electron chi connectivity index (χ1n) is 11.2. The molecule has 7 nitrogen and oxygen atoms in total. The fourth-order valence-electron chi connectivity index (χ4n) is 5.73. The minimum absolute atomic E-state index is 0.00290. The third kappa shape index (κ3) is 4.76. The van der Waals surface area contributed by atoms with Gasteiger partial charge in [-0.1, -0.05) is 19.3 Å². The summed E-state index contributed by atoms with van der Waals surface area (Å²) in [7, 11) is -3.07. The first-order valence-corrected chi connectivity index (χ1v) is 13.4. The van der Waals surface area contributed by atoms with E-state index in [9.17, 15) is 13.2 Å². The SMILES string of the molecule is CCOC1CCCCC1C(=O)NC1C2CS(=O)(=O)CC2NN1C1CCCC(Cl)C1. The molecule has 1 amide bonds. The van der Waals surface area contributed by atoms with Gasteiger partial charge < -0.3 is 10.1 Å². The van der Waals surface area contributed by atoms with E-state index in [0.717, 1.165) is 51.4 Å².